The third-order valence-corrected chi connectivity index (χ3v) is 3.31. The number of para-hydroxylation sites is 1. The van der Waals surface area contributed by atoms with E-state index in [1.807, 2.05) is 37.3 Å². The van der Waals surface area contributed by atoms with Crippen molar-refractivity contribution in [2.45, 2.75) is 31.4 Å². The number of esters is 1. The molecule has 1 aromatic carbocycles. The molecule has 4 nitrogen and oxygen atoms in total. The first-order valence-electron chi connectivity index (χ1n) is 6.23. The van der Waals surface area contributed by atoms with Crippen LogP contribution in [0.2, 0.25) is 0 Å². The van der Waals surface area contributed by atoms with E-state index >= 15 is 0 Å². The van der Waals surface area contributed by atoms with Crippen molar-refractivity contribution in [2.75, 3.05) is 19.0 Å². The number of rotatable bonds is 5. The predicted molar refractivity (Wildman–Crippen MR) is 69.5 cm³/mol. The maximum absolute atomic E-state index is 12.1. The van der Waals surface area contributed by atoms with Crippen LogP contribution in [-0.4, -0.2) is 31.3 Å². The second-order valence-corrected chi connectivity index (χ2v) is 4.56. The number of hydrogen-bond donors (Lipinski definition) is 1. The zero-order chi connectivity index (χ0) is 13.0. The highest BCUT2D eigenvalue weighted by Crippen LogP contribution is 2.38. The van der Waals surface area contributed by atoms with E-state index in [1.54, 1.807) is 7.11 Å². The van der Waals surface area contributed by atoms with Crippen molar-refractivity contribution in [2.24, 2.45) is 0 Å². The molecule has 1 aliphatic rings. The van der Waals surface area contributed by atoms with Crippen molar-refractivity contribution >= 4 is 11.7 Å². The fraction of sp³-hybridized carbons (Fsp3) is 0.500. The van der Waals surface area contributed by atoms with Gasteiger partial charge >= 0.3 is 5.97 Å². The van der Waals surface area contributed by atoms with E-state index in [0.29, 0.717) is 19.4 Å². The minimum absolute atomic E-state index is 0.130. The number of hydrogen-bond acceptors (Lipinski definition) is 4. The minimum atomic E-state index is -0.627. The molecule has 1 aliphatic carbocycles. The van der Waals surface area contributed by atoms with E-state index in [2.05, 4.69) is 5.32 Å². The van der Waals surface area contributed by atoms with E-state index in [-0.39, 0.29) is 12.1 Å². The number of nitrogens with one attached hydrogen (secondary N) is 1. The molecule has 0 bridgehead atoms. The number of carbonyl (C=O) groups excluding carboxylic acids is 1. The predicted octanol–water partition coefficient (Wildman–Crippen LogP) is 2.21. The third-order valence-electron chi connectivity index (χ3n) is 3.31. The average Bonchev–Trinajstić information content (AvgIpc) is 2.34. The maximum atomic E-state index is 12.1. The van der Waals surface area contributed by atoms with Gasteiger partial charge in [0.1, 0.15) is 5.54 Å². The van der Waals surface area contributed by atoms with Crippen molar-refractivity contribution in [3.63, 3.8) is 0 Å². The molecular weight excluding hydrogens is 230 g/mol. The van der Waals surface area contributed by atoms with Crippen molar-refractivity contribution in [3.05, 3.63) is 30.3 Å². The van der Waals surface area contributed by atoms with E-state index in [0.717, 1.165) is 5.69 Å². The molecule has 1 aromatic rings. The summed E-state index contributed by atoms with van der Waals surface area (Å²) < 4.78 is 10.4. The van der Waals surface area contributed by atoms with E-state index in [1.165, 1.54) is 0 Å². The standard InChI is InChI=1S/C14H19NO3/c1-3-18-13(16)14(9-12(10-14)17-2)15-11-7-5-4-6-8-11/h4-8,12,15H,3,9-10H2,1-2H3. The highest BCUT2D eigenvalue weighted by Gasteiger charge is 2.51. The largest absolute Gasteiger partial charge is 0.464 e. The quantitative estimate of drug-likeness (QED) is 0.813. The van der Waals surface area contributed by atoms with Gasteiger partial charge in [0.2, 0.25) is 0 Å². The topological polar surface area (TPSA) is 47.6 Å². The summed E-state index contributed by atoms with van der Waals surface area (Å²) >= 11 is 0. The Morgan fingerprint density at radius 1 is 1.39 bits per heavy atom. The summed E-state index contributed by atoms with van der Waals surface area (Å²) in [6.45, 7) is 2.22. The summed E-state index contributed by atoms with van der Waals surface area (Å²) in [4.78, 5) is 12.1. The molecule has 18 heavy (non-hydrogen) atoms. The fourth-order valence-corrected chi connectivity index (χ4v) is 2.27. The normalized spacial score (nSPS) is 26.2. The van der Waals surface area contributed by atoms with Gasteiger partial charge in [0, 0.05) is 25.6 Å². The third kappa shape index (κ3) is 2.48. The molecule has 2 rings (SSSR count). The Morgan fingerprint density at radius 3 is 2.61 bits per heavy atom. The second-order valence-electron chi connectivity index (χ2n) is 4.56. The molecule has 0 heterocycles. The smallest absolute Gasteiger partial charge is 0.331 e. The molecule has 0 amide bonds. The SMILES string of the molecule is CCOC(=O)C1(Nc2ccccc2)CC(OC)C1. The summed E-state index contributed by atoms with van der Waals surface area (Å²) in [5.74, 6) is -0.192. The molecule has 1 N–H and O–H groups in total. The number of benzene rings is 1. The lowest BCUT2D eigenvalue weighted by atomic mass is 9.74. The lowest BCUT2D eigenvalue weighted by Crippen LogP contribution is -2.59. The van der Waals surface area contributed by atoms with Gasteiger partial charge < -0.3 is 14.8 Å². The maximum Gasteiger partial charge on any atom is 0.331 e. The van der Waals surface area contributed by atoms with Crippen LogP contribution in [0, 0.1) is 0 Å². The summed E-state index contributed by atoms with van der Waals surface area (Å²) in [5.41, 5.74) is 0.304. The van der Waals surface area contributed by atoms with Crippen LogP contribution in [0.25, 0.3) is 0 Å². The molecule has 0 aromatic heterocycles. The highest BCUT2D eigenvalue weighted by molar-refractivity contribution is 5.86. The van der Waals surface area contributed by atoms with Gasteiger partial charge in [0.05, 0.1) is 12.7 Å². The molecule has 1 fully saturated rings. The molecule has 0 atom stereocenters. The molecular formula is C14H19NO3. The summed E-state index contributed by atoms with van der Waals surface area (Å²) in [6, 6.07) is 9.71. The molecule has 0 radical (unpaired) electrons. The van der Waals surface area contributed by atoms with Gasteiger partial charge in [-0.25, -0.2) is 4.79 Å². The van der Waals surface area contributed by atoms with Gasteiger partial charge in [-0.2, -0.15) is 0 Å². The minimum Gasteiger partial charge on any atom is -0.464 e. The van der Waals surface area contributed by atoms with Gasteiger partial charge in [-0.15, -0.1) is 0 Å². The Morgan fingerprint density at radius 2 is 2.06 bits per heavy atom. The van der Waals surface area contributed by atoms with Crippen molar-refractivity contribution in [3.8, 4) is 0 Å². The Hall–Kier alpha value is -1.55. The molecule has 98 valence electrons. The van der Waals surface area contributed by atoms with Crippen molar-refractivity contribution in [1.29, 1.82) is 0 Å². The Kier molecular flexibility index (Phi) is 3.87. The van der Waals surface area contributed by atoms with Gasteiger partial charge in [0.15, 0.2) is 0 Å². The first-order chi connectivity index (χ1) is 8.70. The summed E-state index contributed by atoms with van der Waals surface area (Å²) in [5, 5.41) is 3.29. The van der Waals surface area contributed by atoms with E-state index < -0.39 is 5.54 Å². The van der Waals surface area contributed by atoms with Crippen LogP contribution in [0.3, 0.4) is 0 Å². The van der Waals surface area contributed by atoms with Crippen LogP contribution in [0.1, 0.15) is 19.8 Å². The van der Waals surface area contributed by atoms with Gasteiger partial charge in [0.25, 0.3) is 0 Å². The molecule has 1 saturated carbocycles. The van der Waals surface area contributed by atoms with Gasteiger partial charge in [-0.3, -0.25) is 0 Å². The van der Waals surface area contributed by atoms with Crippen LogP contribution < -0.4 is 5.32 Å². The van der Waals surface area contributed by atoms with Gasteiger partial charge in [-0.1, -0.05) is 18.2 Å². The second kappa shape index (κ2) is 5.40. The molecule has 0 unspecified atom stereocenters. The van der Waals surface area contributed by atoms with Crippen LogP contribution in [0.5, 0.6) is 0 Å². The van der Waals surface area contributed by atoms with E-state index in [9.17, 15) is 4.79 Å². The summed E-state index contributed by atoms with van der Waals surface area (Å²) in [6.07, 6.45) is 1.43. The van der Waals surface area contributed by atoms with Crippen LogP contribution in [0.15, 0.2) is 30.3 Å². The number of anilines is 1. The number of methoxy groups -OCH3 is 1. The monoisotopic (exact) mass is 249 g/mol. The highest BCUT2D eigenvalue weighted by atomic mass is 16.5. The number of carbonyl (C=O) groups is 1. The lowest BCUT2D eigenvalue weighted by Gasteiger charge is -2.45. The summed E-state index contributed by atoms with van der Waals surface area (Å²) in [7, 11) is 1.67. The molecule has 4 heteroatoms. The Balaban J connectivity index is 2.09. The molecule has 0 spiro atoms. The van der Waals surface area contributed by atoms with Crippen LogP contribution >= 0.6 is 0 Å². The van der Waals surface area contributed by atoms with Crippen molar-refractivity contribution in [1.82, 2.24) is 0 Å². The van der Waals surface area contributed by atoms with Crippen LogP contribution in [-0.2, 0) is 14.3 Å². The van der Waals surface area contributed by atoms with Crippen LogP contribution in [0.4, 0.5) is 5.69 Å². The molecule has 0 saturated heterocycles. The first kappa shape index (κ1) is 12.9. The van der Waals surface area contributed by atoms with E-state index in [4.69, 9.17) is 9.47 Å². The average molecular weight is 249 g/mol. The van der Waals surface area contributed by atoms with Crippen molar-refractivity contribution < 1.29 is 14.3 Å². The first-order valence-corrected chi connectivity index (χ1v) is 6.23. The molecule has 0 aliphatic heterocycles. The number of ether oxygens (including phenoxy) is 2. The Bertz CT molecular complexity index is 399. The fourth-order valence-electron chi connectivity index (χ4n) is 2.27. The zero-order valence-electron chi connectivity index (χ0n) is 10.8. The zero-order valence-corrected chi connectivity index (χ0v) is 10.8. The Labute approximate surface area is 107 Å². The van der Waals surface area contributed by atoms with Gasteiger partial charge in [-0.05, 0) is 19.1 Å². The lowest BCUT2D eigenvalue weighted by molar-refractivity contribution is -0.157.